The maximum Gasteiger partial charge on any atom is 0.124 e. The minimum Gasteiger partial charge on any atom is -0.496 e. The summed E-state index contributed by atoms with van der Waals surface area (Å²) in [4.78, 5) is 2.24. The largest absolute Gasteiger partial charge is 0.496 e. The summed E-state index contributed by atoms with van der Waals surface area (Å²) in [5.74, 6) is 0.508. The summed E-state index contributed by atoms with van der Waals surface area (Å²) in [7, 11) is 3.69. The van der Waals surface area contributed by atoms with Crippen molar-refractivity contribution in [2.24, 2.45) is 0 Å². The van der Waals surface area contributed by atoms with Crippen molar-refractivity contribution in [2.45, 2.75) is 12.5 Å². The van der Waals surface area contributed by atoms with Crippen molar-refractivity contribution in [3.8, 4) is 5.75 Å². The van der Waals surface area contributed by atoms with Gasteiger partial charge in [0.05, 0.1) is 12.6 Å². The topological polar surface area (TPSA) is 24.5 Å². The van der Waals surface area contributed by atoms with E-state index in [-0.39, 0.29) is 11.4 Å². The Morgan fingerprint density at radius 3 is 2.88 bits per heavy atom. The number of hydrogen-bond acceptors (Lipinski definition) is 3. The molecule has 1 N–H and O–H groups in total. The van der Waals surface area contributed by atoms with Crippen LogP contribution in [0.1, 0.15) is 12.5 Å². The van der Waals surface area contributed by atoms with E-state index in [1.165, 1.54) is 6.07 Å². The molecule has 0 aromatic heterocycles. The lowest BCUT2D eigenvalue weighted by molar-refractivity contribution is 0.167. The third-order valence-electron chi connectivity index (χ3n) is 3.35. The summed E-state index contributed by atoms with van der Waals surface area (Å²) in [6.07, 6.45) is 0. The zero-order valence-corrected chi connectivity index (χ0v) is 10.6. The molecule has 0 aliphatic carbocycles. The van der Waals surface area contributed by atoms with Gasteiger partial charge in [-0.05, 0) is 32.2 Å². The van der Waals surface area contributed by atoms with Gasteiger partial charge in [0.1, 0.15) is 11.6 Å². The molecule has 3 nitrogen and oxygen atoms in total. The van der Waals surface area contributed by atoms with Crippen molar-refractivity contribution in [3.63, 3.8) is 0 Å². The first-order valence-corrected chi connectivity index (χ1v) is 5.83. The number of benzene rings is 1. The molecule has 0 bridgehead atoms. The van der Waals surface area contributed by atoms with E-state index < -0.39 is 0 Å². The fourth-order valence-electron chi connectivity index (χ4n) is 2.49. The molecule has 94 valence electrons. The first-order valence-electron chi connectivity index (χ1n) is 5.83. The molecule has 1 atom stereocenters. The van der Waals surface area contributed by atoms with Gasteiger partial charge >= 0.3 is 0 Å². The van der Waals surface area contributed by atoms with Crippen molar-refractivity contribution >= 4 is 0 Å². The first kappa shape index (κ1) is 12.3. The van der Waals surface area contributed by atoms with E-state index in [2.05, 4.69) is 24.2 Å². The Balaban J connectivity index is 2.40. The summed E-state index contributed by atoms with van der Waals surface area (Å²) in [5, 5.41) is 3.46. The van der Waals surface area contributed by atoms with Crippen molar-refractivity contribution in [2.75, 3.05) is 33.8 Å². The monoisotopic (exact) mass is 238 g/mol. The Labute approximate surface area is 102 Å². The number of likely N-dealkylation sites (N-methyl/N-ethyl adjacent to an activating group) is 1. The predicted molar refractivity (Wildman–Crippen MR) is 65.8 cm³/mol. The van der Waals surface area contributed by atoms with E-state index >= 15 is 0 Å². The summed E-state index contributed by atoms with van der Waals surface area (Å²) < 4.78 is 18.7. The minimum absolute atomic E-state index is 0.225. The van der Waals surface area contributed by atoms with Crippen LogP contribution >= 0.6 is 0 Å². The number of ether oxygens (including phenoxy) is 1. The molecule has 0 spiro atoms. The van der Waals surface area contributed by atoms with Crippen LogP contribution in [0.2, 0.25) is 0 Å². The smallest absolute Gasteiger partial charge is 0.124 e. The molecule has 1 fully saturated rings. The lowest BCUT2D eigenvalue weighted by atomic mass is 9.89. The maximum absolute atomic E-state index is 13.4. The molecule has 1 saturated heterocycles. The summed E-state index contributed by atoms with van der Waals surface area (Å²) in [5.41, 5.74) is 0.618. The lowest BCUT2D eigenvalue weighted by Crippen LogP contribution is -2.55. The minimum atomic E-state index is -0.263. The Kier molecular flexibility index (Phi) is 3.35. The second kappa shape index (κ2) is 4.63. The number of piperazine rings is 1. The highest BCUT2D eigenvalue weighted by Gasteiger charge is 2.33. The fraction of sp³-hybridized carbons (Fsp3) is 0.538. The number of methoxy groups -OCH3 is 1. The zero-order valence-electron chi connectivity index (χ0n) is 10.6. The van der Waals surface area contributed by atoms with Crippen LogP contribution in [0.25, 0.3) is 0 Å². The first-order chi connectivity index (χ1) is 8.05. The second-order valence-corrected chi connectivity index (χ2v) is 4.84. The number of halogens is 1. The van der Waals surface area contributed by atoms with Crippen LogP contribution in [0, 0.1) is 5.82 Å². The van der Waals surface area contributed by atoms with Crippen LogP contribution in [0.15, 0.2) is 18.2 Å². The van der Waals surface area contributed by atoms with E-state index in [4.69, 9.17) is 4.74 Å². The molecule has 1 aromatic rings. The van der Waals surface area contributed by atoms with Gasteiger partial charge in [-0.25, -0.2) is 4.39 Å². The summed E-state index contributed by atoms with van der Waals surface area (Å²) >= 11 is 0. The van der Waals surface area contributed by atoms with E-state index in [1.807, 2.05) is 0 Å². The third-order valence-corrected chi connectivity index (χ3v) is 3.35. The van der Waals surface area contributed by atoms with Crippen molar-refractivity contribution in [1.29, 1.82) is 0 Å². The van der Waals surface area contributed by atoms with Crippen LogP contribution in [-0.2, 0) is 5.54 Å². The molecule has 1 aromatic carbocycles. The third kappa shape index (κ3) is 2.42. The van der Waals surface area contributed by atoms with E-state index in [9.17, 15) is 4.39 Å². The SMILES string of the molecule is COc1ccc(F)cc1C1(C)CN(C)CCN1. The predicted octanol–water partition coefficient (Wildman–Crippen LogP) is 1.58. The lowest BCUT2D eigenvalue weighted by Gasteiger charge is -2.40. The van der Waals surface area contributed by atoms with Gasteiger partial charge in [0, 0.05) is 25.2 Å². The summed E-state index contributed by atoms with van der Waals surface area (Å²) in [6, 6.07) is 4.68. The maximum atomic E-state index is 13.4. The average Bonchev–Trinajstić information content (AvgIpc) is 2.28. The average molecular weight is 238 g/mol. The molecule has 4 heteroatoms. The molecule has 1 unspecified atom stereocenters. The molecular formula is C13H19FN2O. The normalized spacial score (nSPS) is 25.9. The Morgan fingerprint density at radius 2 is 2.24 bits per heavy atom. The highest BCUT2D eigenvalue weighted by Crippen LogP contribution is 2.32. The van der Waals surface area contributed by atoms with Gasteiger partial charge in [-0.2, -0.15) is 0 Å². The van der Waals surface area contributed by atoms with Gasteiger partial charge < -0.3 is 15.0 Å². The molecule has 0 saturated carbocycles. The standard InChI is InChI=1S/C13H19FN2O/c1-13(9-16(2)7-6-15-13)11-8-10(14)4-5-12(11)17-3/h4-5,8,15H,6-7,9H2,1-3H3. The zero-order chi connectivity index (χ0) is 12.5. The fourth-order valence-corrected chi connectivity index (χ4v) is 2.49. The van der Waals surface area contributed by atoms with Crippen molar-refractivity contribution in [1.82, 2.24) is 10.2 Å². The van der Waals surface area contributed by atoms with Gasteiger partial charge in [-0.15, -0.1) is 0 Å². The van der Waals surface area contributed by atoms with Crippen molar-refractivity contribution < 1.29 is 9.13 Å². The van der Waals surface area contributed by atoms with Crippen LogP contribution in [-0.4, -0.2) is 38.7 Å². The van der Waals surface area contributed by atoms with Crippen molar-refractivity contribution in [3.05, 3.63) is 29.6 Å². The molecule has 0 radical (unpaired) electrons. The van der Waals surface area contributed by atoms with Gasteiger partial charge in [0.15, 0.2) is 0 Å². The molecule has 1 aliphatic heterocycles. The van der Waals surface area contributed by atoms with Gasteiger partial charge in [-0.3, -0.25) is 0 Å². The Morgan fingerprint density at radius 1 is 1.47 bits per heavy atom. The van der Waals surface area contributed by atoms with Gasteiger partial charge in [0.2, 0.25) is 0 Å². The number of hydrogen-bond donors (Lipinski definition) is 1. The number of rotatable bonds is 2. The molecule has 1 heterocycles. The van der Waals surface area contributed by atoms with Crippen LogP contribution < -0.4 is 10.1 Å². The van der Waals surface area contributed by atoms with Gasteiger partial charge in [0.25, 0.3) is 0 Å². The van der Waals surface area contributed by atoms with E-state index in [0.717, 1.165) is 30.9 Å². The number of nitrogens with one attached hydrogen (secondary N) is 1. The Hall–Kier alpha value is -1.13. The molecule has 2 rings (SSSR count). The van der Waals surface area contributed by atoms with E-state index in [1.54, 1.807) is 19.2 Å². The highest BCUT2D eigenvalue weighted by molar-refractivity contribution is 5.40. The second-order valence-electron chi connectivity index (χ2n) is 4.84. The molecule has 0 amide bonds. The molecule has 17 heavy (non-hydrogen) atoms. The number of nitrogens with zero attached hydrogens (tertiary/aromatic N) is 1. The highest BCUT2D eigenvalue weighted by atomic mass is 19.1. The molecular weight excluding hydrogens is 219 g/mol. The van der Waals surface area contributed by atoms with Gasteiger partial charge in [-0.1, -0.05) is 0 Å². The van der Waals surface area contributed by atoms with Crippen LogP contribution in [0.4, 0.5) is 4.39 Å². The summed E-state index contributed by atoms with van der Waals surface area (Å²) in [6.45, 7) is 4.83. The Bertz CT molecular complexity index is 410. The van der Waals surface area contributed by atoms with E-state index in [0.29, 0.717) is 0 Å². The van der Waals surface area contributed by atoms with Crippen LogP contribution in [0.3, 0.4) is 0 Å². The van der Waals surface area contributed by atoms with Crippen LogP contribution in [0.5, 0.6) is 5.75 Å². The quantitative estimate of drug-likeness (QED) is 0.846. The molecule has 1 aliphatic rings.